The maximum absolute atomic E-state index is 12.8. The Kier molecular flexibility index (Phi) is 8.89. The van der Waals surface area contributed by atoms with Gasteiger partial charge in [0.05, 0.1) is 6.04 Å². The summed E-state index contributed by atoms with van der Waals surface area (Å²) in [5, 5.41) is 2.80. The lowest BCUT2D eigenvalue weighted by atomic mass is 9.81. The van der Waals surface area contributed by atoms with Crippen molar-refractivity contribution in [2.24, 2.45) is 23.5 Å². The van der Waals surface area contributed by atoms with E-state index in [1.165, 1.54) is 0 Å². The summed E-state index contributed by atoms with van der Waals surface area (Å²) in [5.41, 5.74) is 6.51. The van der Waals surface area contributed by atoms with Crippen LogP contribution in [-0.4, -0.2) is 24.1 Å². The Morgan fingerprint density at radius 2 is 1.80 bits per heavy atom. The average molecular weight is 346 g/mol. The van der Waals surface area contributed by atoms with E-state index in [2.05, 4.69) is 5.32 Å². The number of carbonyl (C=O) groups is 3. The van der Waals surface area contributed by atoms with Crippen molar-refractivity contribution in [1.82, 2.24) is 5.32 Å². The summed E-state index contributed by atoms with van der Waals surface area (Å²) in [5.74, 6) is -1.47. The van der Waals surface area contributed by atoms with Crippen LogP contribution in [0, 0.1) is 17.8 Å². The second-order valence-corrected chi connectivity index (χ2v) is 6.97. The molecule has 5 nitrogen and oxygen atoms in total. The second-order valence-electron chi connectivity index (χ2n) is 6.97. The number of rotatable bonds is 11. The molecule has 0 aliphatic rings. The minimum Gasteiger partial charge on any atom is -0.369 e. The van der Waals surface area contributed by atoms with Gasteiger partial charge in [0.1, 0.15) is 6.29 Å². The van der Waals surface area contributed by atoms with Gasteiger partial charge in [-0.15, -0.1) is 0 Å². The van der Waals surface area contributed by atoms with E-state index >= 15 is 0 Å². The number of aldehydes is 1. The van der Waals surface area contributed by atoms with Crippen LogP contribution in [0.1, 0.15) is 45.6 Å². The van der Waals surface area contributed by atoms with Crippen LogP contribution in [0.3, 0.4) is 0 Å². The molecule has 0 fully saturated rings. The van der Waals surface area contributed by atoms with E-state index in [9.17, 15) is 14.4 Å². The molecule has 5 heteroatoms. The second kappa shape index (κ2) is 10.6. The highest BCUT2D eigenvalue weighted by atomic mass is 16.2. The van der Waals surface area contributed by atoms with E-state index in [1.54, 1.807) is 0 Å². The molecule has 0 aliphatic heterocycles. The molecule has 25 heavy (non-hydrogen) atoms. The Labute approximate surface area is 150 Å². The number of primary amides is 1. The summed E-state index contributed by atoms with van der Waals surface area (Å²) >= 11 is 0. The molecule has 138 valence electrons. The van der Waals surface area contributed by atoms with Gasteiger partial charge in [-0.2, -0.15) is 0 Å². The van der Waals surface area contributed by atoms with E-state index in [1.807, 2.05) is 51.1 Å². The van der Waals surface area contributed by atoms with Crippen LogP contribution in [-0.2, 0) is 20.8 Å². The number of hydrogen-bond donors (Lipinski definition) is 2. The molecule has 0 radical (unpaired) electrons. The minimum atomic E-state index is -0.611. The standard InChI is InChI=1S/C20H30N2O3/c1-4-8-17(19(21)24)18(11-14(2)3)20(25)22-16(13-23)12-15-9-6-5-7-10-15/h5-7,9-10,13-14,16-18H,4,8,11-12H2,1-3H3,(H2,21,24)(H,22,25)/t16-,17?,18+/m1/s1. The van der Waals surface area contributed by atoms with Crippen molar-refractivity contribution in [3.05, 3.63) is 35.9 Å². The van der Waals surface area contributed by atoms with Crippen molar-refractivity contribution < 1.29 is 14.4 Å². The minimum absolute atomic E-state index is 0.248. The summed E-state index contributed by atoms with van der Waals surface area (Å²) in [4.78, 5) is 36.0. The van der Waals surface area contributed by atoms with Crippen LogP contribution >= 0.6 is 0 Å². The number of nitrogens with two attached hydrogens (primary N) is 1. The highest BCUT2D eigenvalue weighted by Crippen LogP contribution is 2.25. The largest absolute Gasteiger partial charge is 0.369 e. The van der Waals surface area contributed by atoms with E-state index in [4.69, 9.17) is 5.73 Å². The van der Waals surface area contributed by atoms with Gasteiger partial charge >= 0.3 is 0 Å². The van der Waals surface area contributed by atoms with Crippen molar-refractivity contribution in [3.63, 3.8) is 0 Å². The maximum atomic E-state index is 12.8. The fourth-order valence-corrected chi connectivity index (χ4v) is 3.11. The van der Waals surface area contributed by atoms with Crippen molar-refractivity contribution in [2.75, 3.05) is 0 Å². The molecule has 2 amide bonds. The van der Waals surface area contributed by atoms with Crippen molar-refractivity contribution in [3.8, 4) is 0 Å². The van der Waals surface area contributed by atoms with Crippen molar-refractivity contribution in [1.29, 1.82) is 0 Å². The molecule has 1 rings (SSSR count). The van der Waals surface area contributed by atoms with Crippen LogP contribution in [0.25, 0.3) is 0 Å². The molecule has 0 saturated carbocycles. The number of amides is 2. The molecule has 1 aromatic rings. The highest BCUT2D eigenvalue weighted by molar-refractivity contribution is 5.88. The number of carbonyl (C=O) groups excluding carboxylic acids is 3. The monoisotopic (exact) mass is 346 g/mol. The first-order chi connectivity index (χ1) is 11.9. The lowest BCUT2D eigenvalue weighted by Crippen LogP contribution is -2.46. The van der Waals surface area contributed by atoms with Gasteiger partial charge in [0.15, 0.2) is 0 Å². The lowest BCUT2D eigenvalue weighted by Gasteiger charge is -2.26. The van der Waals surface area contributed by atoms with E-state index in [0.29, 0.717) is 19.3 Å². The zero-order valence-corrected chi connectivity index (χ0v) is 15.4. The van der Waals surface area contributed by atoms with Gasteiger partial charge in [0.2, 0.25) is 11.8 Å². The van der Waals surface area contributed by atoms with Gasteiger partial charge in [0.25, 0.3) is 0 Å². The van der Waals surface area contributed by atoms with Crippen LogP contribution in [0.15, 0.2) is 30.3 Å². The van der Waals surface area contributed by atoms with E-state index < -0.39 is 23.8 Å². The lowest BCUT2D eigenvalue weighted by molar-refractivity contribution is -0.135. The van der Waals surface area contributed by atoms with Gasteiger partial charge in [-0.25, -0.2) is 0 Å². The van der Waals surface area contributed by atoms with Gasteiger partial charge in [-0.1, -0.05) is 57.5 Å². The molecule has 3 atom stereocenters. The fourth-order valence-electron chi connectivity index (χ4n) is 3.11. The van der Waals surface area contributed by atoms with Crippen molar-refractivity contribution in [2.45, 2.75) is 52.5 Å². The Balaban J connectivity index is 2.87. The Hall–Kier alpha value is -2.17. The quantitative estimate of drug-likeness (QED) is 0.603. The van der Waals surface area contributed by atoms with Crippen LogP contribution in [0.2, 0.25) is 0 Å². The Bertz CT molecular complexity index is 557. The van der Waals surface area contributed by atoms with Gasteiger partial charge in [-0.3, -0.25) is 9.59 Å². The number of nitrogens with one attached hydrogen (secondary N) is 1. The topological polar surface area (TPSA) is 89.3 Å². The molecule has 0 saturated heterocycles. The number of benzene rings is 1. The van der Waals surface area contributed by atoms with E-state index in [-0.39, 0.29) is 11.8 Å². The zero-order valence-electron chi connectivity index (χ0n) is 15.4. The Morgan fingerprint density at radius 3 is 2.28 bits per heavy atom. The third-order valence-electron chi connectivity index (χ3n) is 4.30. The smallest absolute Gasteiger partial charge is 0.224 e. The summed E-state index contributed by atoms with van der Waals surface area (Å²) in [6.07, 6.45) is 3.09. The normalized spacial score (nSPS) is 14.6. The third kappa shape index (κ3) is 7.08. The first-order valence-electron chi connectivity index (χ1n) is 8.97. The molecule has 1 aromatic carbocycles. The molecule has 0 heterocycles. The van der Waals surface area contributed by atoms with Gasteiger partial charge < -0.3 is 15.8 Å². The van der Waals surface area contributed by atoms with Crippen LogP contribution in [0.5, 0.6) is 0 Å². The SMILES string of the molecule is CCCC(C(N)=O)[C@H](CC(C)C)C(=O)N[C@@H](C=O)Cc1ccccc1. The van der Waals surface area contributed by atoms with Gasteiger partial charge in [-0.05, 0) is 30.7 Å². The molecule has 3 N–H and O–H groups in total. The zero-order chi connectivity index (χ0) is 18.8. The summed E-state index contributed by atoms with van der Waals surface area (Å²) in [6.45, 7) is 5.97. The Morgan fingerprint density at radius 1 is 1.16 bits per heavy atom. The maximum Gasteiger partial charge on any atom is 0.224 e. The molecule has 0 aromatic heterocycles. The average Bonchev–Trinajstić information content (AvgIpc) is 2.57. The number of hydrogen-bond acceptors (Lipinski definition) is 3. The third-order valence-corrected chi connectivity index (χ3v) is 4.30. The molecule has 0 bridgehead atoms. The van der Waals surface area contributed by atoms with Crippen LogP contribution in [0.4, 0.5) is 0 Å². The van der Waals surface area contributed by atoms with Crippen LogP contribution < -0.4 is 11.1 Å². The molecular formula is C20H30N2O3. The predicted molar refractivity (Wildman–Crippen MR) is 98.7 cm³/mol. The fraction of sp³-hybridized carbons (Fsp3) is 0.550. The molecular weight excluding hydrogens is 316 g/mol. The molecule has 0 aliphatic carbocycles. The predicted octanol–water partition coefficient (Wildman–Crippen LogP) is 2.48. The van der Waals surface area contributed by atoms with Gasteiger partial charge in [0, 0.05) is 11.8 Å². The summed E-state index contributed by atoms with van der Waals surface area (Å²) in [7, 11) is 0. The first kappa shape index (κ1) is 20.9. The molecule has 1 unspecified atom stereocenters. The first-order valence-corrected chi connectivity index (χ1v) is 8.97. The summed E-state index contributed by atoms with van der Waals surface area (Å²) < 4.78 is 0. The highest BCUT2D eigenvalue weighted by Gasteiger charge is 2.33. The van der Waals surface area contributed by atoms with E-state index in [0.717, 1.165) is 18.3 Å². The summed E-state index contributed by atoms with van der Waals surface area (Å²) in [6, 6.07) is 8.91. The molecule has 0 spiro atoms. The van der Waals surface area contributed by atoms with Crippen molar-refractivity contribution >= 4 is 18.1 Å².